The molecule has 0 bridgehead atoms. The Morgan fingerprint density at radius 2 is 1.58 bits per heavy atom. The van der Waals surface area contributed by atoms with Crippen LogP contribution in [0.15, 0.2) is 66.7 Å². The summed E-state index contributed by atoms with van der Waals surface area (Å²) < 4.78 is 14.7. The zero-order valence-electron chi connectivity index (χ0n) is 21.8. The number of imide groups is 1. The molecule has 7 nitrogen and oxygen atoms in total. The number of rotatable bonds is 10. The lowest BCUT2D eigenvalue weighted by molar-refractivity contribution is -0.144. The summed E-state index contributed by atoms with van der Waals surface area (Å²) in [4.78, 5) is 55.5. The highest BCUT2D eigenvalue weighted by molar-refractivity contribution is 6.05. The Kier molecular flexibility index (Phi) is 8.71. The Balaban J connectivity index is 1.59. The lowest BCUT2D eigenvalue weighted by Crippen LogP contribution is -2.52. The lowest BCUT2D eigenvalue weighted by Gasteiger charge is -2.32. The monoisotopic (exact) mass is 519 g/mol. The van der Waals surface area contributed by atoms with Crippen molar-refractivity contribution < 1.29 is 23.6 Å². The molecule has 1 aliphatic heterocycles. The standard InChI is InChI=1S/C30H34FN3O4/c1-20(2)32-28(36)26(18-21-10-4-3-5-11-21)34(19-22-12-6-9-15-25(22)31)27(35)16-17-33-29(37)23-13-7-8-14-24(23)30(33)38/h3-12,15,20,23-24,26H,13-14,16-19H2,1-2H3,(H,32,36)/t23-,24+,26-/m0/s1. The third-order valence-electron chi connectivity index (χ3n) is 7.15. The number of benzene rings is 2. The van der Waals surface area contributed by atoms with E-state index in [1.54, 1.807) is 18.2 Å². The van der Waals surface area contributed by atoms with Gasteiger partial charge in [-0.15, -0.1) is 0 Å². The van der Waals surface area contributed by atoms with E-state index < -0.39 is 17.8 Å². The predicted molar refractivity (Wildman–Crippen MR) is 141 cm³/mol. The van der Waals surface area contributed by atoms with E-state index in [0.717, 1.165) is 5.56 Å². The highest BCUT2D eigenvalue weighted by Gasteiger charge is 2.47. The maximum Gasteiger partial charge on any atom is 0.243 e. The average molecular weight is 520 g/mol. The minimum Gasteiger partial charge on any atom is -0.352 e. The van der Waals surface area contributed by atoms with Crippen LogP contribution in [0.25, 0.3) is 0 Å². The molecule has 200 valence electrons. The van der Waals surface area contributed by atoms with E-state index in [1.807, 2.05) is 56.3 Å². The molecular formula is C30H34FN3O4. The normalized spacial score (nSPS) is 19.4. The van der Waals surface area contributed by atoms with Gasteiger partial charge in [0.25, 0.3) is 0 Å². The fourth-order valence-corrected chi connectivity index (χ4v) is 5.19. The summed E-state index contributed by atoms with van der Waals surface area (Å²) in [7, 11) is 0. The zero-order valence-corrected chi connectivity index (χ0v) is 21.8. The number of nitrogens with one attached hydrogen (secondary N) is 1. The van der Waals surface area contributed by atoms with E-state index in [9.17, 15) is 23.6 Å². The van der Waals surface area contributed by atoms with Gasteiger partial charge >= 0.3 is 0 Å². The van der Waals surface area contributed by atoms with Crippen LogP contribution in [0.1, 0.15) is 44.2 Å². The first kappa shape index (κ1) is 27.2. The number of fused-ring (bicyclic) bond motifs is 1. The summed E-state index contributed by atoms with van der Waals surface area (Å²) >= 11 is 0. The molecule has 0 radical (unpaired) electrons. The van der Waals surface area contributed by atoms with Crippen LogP contribution in [0.2, 0.25) is 0 Å². The highest BCUT2D eigenvalue weighted by atomic mass is 19.1. The summed E-state index contributed by atoms with van der Waals surface area (Å²) in [5.74, 6) is -2.51. The van der Waals surface area contributed by atoms with Crippen LogP contribution in [-0.4, -0.2) is 52.1 Å². The first-order valence-electron chi connectivity index (χ1n) is 13.1. The number of amides is 4. The fraction of sp³-hybridized carbons (Fsp3) is 0.400. The summed E-state index contributed by atoms with van der Waals surface area (Å²) in [6.07, 6.45) is 4.95. The van der Waals surface area contributed by atoms with Gasteiger partial charge < -0.3 is 10.2 Å². The van der Waals surface area contributed by atoms with Crippen LogP contribution in [0.5, 0.6) is 0 Å². The second kappa shape index (κ2) is 12.2. The molecule has 2 aromatic carbocycles. The lowest BCUT2D eigenvalue weighted by atomic mass is 9.85. The van der Waals surface area contributed by atoms with Crippen molar-refractivity contribution >= 4 is 23.6 Å². The van der Waals surface area contributed by atoms with Gasteiger partial charge in [-0.1, -0.05) is 60.7 Å². The number of nitrogens with zero attached hydrogens (tertiary/aromatic N) is 2. The molecule has 2 aliphatic rings. The molecule has 1 N–H and O–H groups in total. The van der Waals surface area contributed by atoms with Gasteiger partial charge in [0.05, 0.1) is 11.8 Å². The number of hydrogen-bond donors (Lipinski definition) is 1. The van der Waals surface area contributed by atoms with Crippen molar-refractivity contribution in [2.24, 2.45) is 11.8 Å². The molecule has 4 rings (SSSR count). The Morgan fingerprint density at radius 1 is 0.974 bits per heavy atom. The first-order valence-corrected chi connectivity index (χ1v) is 13.1. The summed E-state index contributed by atoms with van der Waals surface area (Å²) in [5, 5.41) is 2.89. The van der Waals surface area contributed by atoms with Crippen LogP contribution in [0.3, 0.4) is 0 Å². The SMILES string of the molecule is CC(C)NC(=O)[C@H](Cc1ccccc1)N(Cc1ccccc1F)C(=O)CCN1C(=O)[C@H]2CC=CC[C@H]2C1=O. The molecule has 3 atom stereocenters. The largest absolute Gasteiger partial charge is 0.352 e. The molecule has 2 aromatic rings. The quantitative estimate of drug-likeness (QED) is 0.384. The van der Waals surface area contributed by atoms with Crippen LogP contribution in [-0.2, 0) is 32.1 Å². The number of halogens is 1. The third-order valence-corrected chi connectivity index (χ3v) is 7.15. The Hall–Kier alpha value is -3.81. The van der Waals surface area contributed by atoms with Gasteiger partial charge in [-0.25, -0.2) is 4.39 Å². The van der Waals surface area contributed by atoms with Gasteiger partial charge in [0.1, 0.15) is 11.9 Å². The van der Waals surface area contributed by atoms with Crippen LogP contribution < -0.4 is 5.32 Å². The fourth-order valence-electron chi connectivity index (χ4n) is 5.19. The number of carbonyl (C=O) groups excluding carboxylic acids is 4. The predicted octanol–water partition coefficient (Wildman–Crippen LogP) is 3.63. The highest BCUT2D eigenvalue weighted by Crippen LogP contribution is 2.35. The molecule has 4 amide bonds. The van der Waals surface area contributed by atoms with Gasteiger partial charge in [-0.3, -0.25) is 24.1 Å². The van der Waals surface area contributed by atoms with Crippen LogP contribution >= 0.6 is 0 Å². The second-order valence-electron chi connectivity index (χ2n) is 10.2. The molecule has 1 heterocycles. The van der Waals surface area contributed by atoms with Crippen molar-refractivity contribution in [3.8, 4) is 0 Å². The summed E-state index contributed by atoms with van der Waals surface area (Å²) in [6, 6.07) is 14.4. The summed E-state index contributed by atoms with van der Waals surface area (Å²) in [6.45, 7) is 3.48. The van der Waals surface area contributed by atoms with Gasteiger partial charge in [-0.2, -0.15) is 0 Å². The Morgan fingerprint density at radius 3 is 2.18 bits per heavy atom. The number of carbonyl (C=O) groups is 4. The van der Waals surface area contributed by atoms with E-state index in [0.29, 0.717) is 12.8 Å². The smallest absolute Gasteiger partial charge is 0.243 e. The molecule has 0 saturated carbocycles. The molecule has 0 spiro atoms. The van der Waals surface area contributed by atoms with Gasteiger partial charge in [0.15, 0.2) is 0 Å². The number of allylic oxidation sites excluding steroid dienone is 2. The molecule has 8 heteroatoms. The van der Waals surface area contributed by atoms with E-state index in [2.05, 4.69) is 5.32 Å². The van der Waals surface area contributed by atoms with Gasteiger partial charge in [-0.05, 0) is 38.3 Å². The zero-order chi connectivity index (χ0) is 27.2. The maximum absolute atomic E-state index is 14.7. The van der Waals surface area contributed by atoms with E-state index in [4.69, 9.17) is 0 Å². The Bertz CT molecular complexity index is 1190. The minimum atomic E-state index is -0.913. The first-order chi connectivity index (χ1) is 18.3. The number of likely N-dealkylation sites (tertiary alicyclic amines) is 1. The molecule has 0 unspecified atom stereocenters. The minimum absolute atomic E-state index is 0.0683. The molecule has 38 heavy (non-hydrogen) atoms. The number of hydrogen-bond acceptors (Lipinski definition) is 4. The van der Waals surface area contributed by atoms with E-state index in [1.165, 1.54) is 15.9 Å². The van der Waals surface area contributed by atoms with Crippen molar-refractivity contribution in [1.82, 2.24) is 15.1 Å². The van der Waals surface area contributed by atoms with E-state index in [-0.39, 0.29) is 67.1 Å². The van der Waals surface area contributed by atoms with Crippen molar-refractivity contribution in [3.63, 3.8) is 0 Å². The molecule has 1 fully saturated rings. The van der Waals surface area contributed by atoms with Crippen LogP contribution in [0, 0.1) is 17.7 Å². The molecule has 1 saturated heterocycles. The summed E-state index contributed by atoms with van der Waals surface area (Å²) in [5.41, 5.74) is 1.13. The third kappa shape index (κ3) is 6.18. The average Bonchev–Trinajstić information content (AvgIpc) is 3.15. The second-order valence-corrected chi connectivity index (χ2v) is 10.2. The van der Waals surface area contributed by atoms with Crippen molar-refractivity contribution in [3.05, 3.63) is 83.7 Å². The van der Waals surface area contributed by atoms with Crippen LogP contribution in [0.4, 0.5) is 4.39 Å². The van der Waals surface area contributed by atoms with Crippen molar-refractivity contribution in [1.29, 1.82) is 0 Å². The molecule has 0 aromatic heterocycles. The molecule has 1 aliphatic carbocycles. The van der Waals surface area contributed by atoms with Crippen molar-refractivity contribution in [2.45, 2.75) is 58.2 Å². The maximum atomic E-state index is 14.7. The van der Waals surface area contributed by atoms with Crippen molar-refractivity contribution in [2.75, 3.05) is 6.54 Å². The molecular weight excluding hydrogens is 485 g/mol. The Labute approximate surface area is 222 Å². The van der Waals surface area contributed by atoms with Gasteiger partial charge in [0, 0.05) is 37.5 Å². The topological polar surface area (TPSA) is 86.8 Å². The van der Waals surface area contributed by atoms with E-state index >= 15 is 0 Å². The van der Waals surface area contributed by atoms with Gasteiger partial charge in [0.2, 0.25) is 23.6 Å².